The van der Waals surface area contributed by atoms with Gasteiger partial charge in [-0.2, -0.15) is 5.10 Å². The Hall–Kier alpha value is -4.45. The molecule has 0 aliphatic rings. The summed E-state index contributed by atoms with van der Waals surface area (Å²) in [4.78, 5) is 24.8. The van der Waals surface area contributed by atoms with Gasteiger partial charge in [0.2, 0.25) is 0 Å². The van der Waals surface area contributed by atoms with Gasteiger partial charge in [0.15, 0.2) is 6.61 Å². The number of aryl methyl sites for hydroxylation is 2. The van der Waals surface area contributed by atoms with Crippen LogP contribution in [-0.4, -0.2) is 24.7 Å². The Morgan fingerprint density at radius 3 is 2.44 bits per heavy atom. The Kier molecular flexibility index (Phi) is 6.98. The van der Waals surface area contributed by atoms with Gasteiger partial charge in [0, 0.05) is 5.56 Å². The van der Waals surface area contributed by atoms with Crippen molar-refractivity contribution in [3.8, 4) is 11.5 Å². The van der Waals surface area contributed by atoms with E-state index in [4.69, 9.17) is 9.47 Å². The Bertz CT molecular complexity index is 1360. The van der Waals surface area contributed by atoms with Crippen molar-refractivity contribution in [3.05, 3.63) is 107 Å². The van der Waals surface area contributed by atoms with Crippen LogP contribution in [0.1, 0.15) is 27.0 Å². The lowest BCUT2D eigenvalue weighted by atomic mass is 10.0. The lowest BCUT2D eigenvalue weighted by Crippen LogP contribution is -2.24. The summed E-state index contributed by atoms with van der Waals surface area (Å²) in [6, 6.07) is 25.7. The van der Waals surface area contributed by atoms with Crippen LogP contribution in [0.3, 0.4) is 0 Å². The van der Waals surface area contributed by atoms with E-state index in [0.29, 0.717) is 22.6 Å². The summed E-state index contributed by atoms with van der Waals surface area (Å²) < 4.78 is 11.2. The smallest absolute Gasteiger partial charge is 0.343 e. The average Bonchev–Trinajstić information content (AvgIpc) is 2.86. The number of carbonyl (C=O) groups is 2. The summed E-state index contributed by atoms with van der Waals surface area (Å²) in [6.07, 6.45) is 1.48. The molecular formula is C28H24N2O4. The summed E-state index contributed by atoms with van der Waals surface area (Å²) in [6.45, 7) is 3.82. The third-order valence-corrected chi connectivity index (χ3v) is 5.37. The van der Waals surface area contributed by atoms with Crippen molar-refractivity contribution in [1.29, 1.82) is 0 Å². The number of hydrogen-bond donors (Lipinski definition) is 1. The molecule has 0 unspecified atom stereocenters. The van der Waals surface area contributed by atoms with Crippen LogP contribution in [0.15, 0.2) is 90.0 Å². The number of nitrogens with zero attached hydrogens (tertiary/aromatic N) is 1. The van der Waals surface area contributed by atoms with Gasteiger partial charge in [-0.05, 0) is 66.1 Å². The minimum atomic E-state index is -0.476. The molecule has 4 rings (SSSR count). The summed E-state index contributed by atoms with van der Waals surface area (Å²) in [5.74, 6) is 0.0808. The molecule has 0 aromatic heterocycles. The first-order chi connectivity index (χ1) is 16.5. The monoisotopic (exact) mass is 452 g/mol. The molecule has 6 nitrogen and oxygen atoms in total. The lowest BCUT2D eigenvalue weighted by molar-refractivity contribution is -0.123. The van der Waals surface area contributed by atoms with E-state index >= 15 is 0 Å². The van der Waals surface area contributed by atoms with Gasteiger partial charge in [-0.15, -0.1) is 0 Å². The second-order valence-corrected chi connectivity index (χ2v) is 7.78. The number of carbonyl (C=O) groups excluding carboxylic acids is 2. The average molecular weight is 453 g/mol. The number of benzene rings is 4. The maximum Gasteiger partial charge on any atom is 0.343 e. The highest BCUT2D eigenvalue weighted by Crippen LogP contribution is 2.27. The number of nitrogens with one attached hydrogen (secondary N) is 1. The highest BCUT2D eigenvalue weighted by atomic mass is 16.5. The zero-order valence-corrected chi connectivity index (χ0v) is 18.9. The number of rotatable bonds is 7. The zero-order valence-electron chi connectivity index (χ0n) is 18.9. The van der Waals surface area contributed by atoms with Gasteiger partial charge in [-0.1, -0.05) is 54.6 Å². The molecule has 6 heteroatoms. The third-order valence-electron chi connectivity index (χ3n) is 5.37. The van der Waals surface area contributed by atoms with E-state index in [1.165, 1.54) is 6.21 Å². The molecule has 34 heavy (non-hydrogen) atoms. The quantitative estimate of drug-likeness (QED) is 0.181. The highest BCUT2D eigenvalue weighted by Gasteiger charge is 2.13. The van der Waals surface area contributed by atoms with E-state index in [1.807, 2.05) is 68.4 Å². The van der Waals surface area contributed by atoms with Crippen molar-refractivity contribution >= 4 is 28.9 Å². The molecule has 4 aromatic carbocycles. The summed E-state index contributed by atoms with van der Waals surface area (Å²) in [5, 5.41) is 5.87. The Morgan fingerprint density at radius 2 is 1.65 bits per heavy atom. The minimum Gasteiger partial charge on any atom is -0.484 e. The van der Waals surface area contributed by atoms with Crippen molar-refractivity contribution in [2.75, 3.05) is 6.61 Å². The molecule has 0 aliphatic carbocycles. The SMILES string of the molecule is Cc1ccc(OCC(=O)N/N=C/c2c(OC(=O)c3ccccc3)ccc3ccccc23)cc1C. The van der Waals surface area contributed by atoms with Crippen LogP contribution in [0.2, 0.25) is 0 Å². The van der Waals surface area contributed by atoms with E-state index < -0.39 is 11.9 Å². The molecule has 170 valence electrons. The summed E-state index contributed by atoms with van der Waals surface area (Å²) in [5.41, 5.74) is 5.73. The number of hydrazone groups is 1. The molecule has 0 heterocycles. The van der Waals surface area contributed by atoms with Crippen molar-refractivity contribution in [2.45, 2.75) is 13.8 Å². The zero-order chi connectivity index (χ0) is 23.9. The molecule has 0 spiro atoms. The van der Waals surface area contributed by atoms with Crippen molar-refractivity contribution in [1.82, 2.24) is 5.43 Å². The molecule has 0 bridgehead atoms. The topological polar surface area (TPSA) is 77.0 Å². The van der Waals surface area contributed by atoms with Crippen LogP contribution in [0.5, 0.6) is 11.5 Å². The molecule has 0 fully saturated rings. The van der Waals surface area contributed by atoms with Gasteiger partial charge in [0.05, 0.1) is 11.8 Å². The first kappa shape index (κ1) is 22.7. The lowest BCUT2D eigenvalue weighted by Gasteiger charge is -2.11. The number of fused-ring (bicyclic) bond motifs is 1. The fraction of sp³-hybridized carbons (Fsp3) is 0.107. The van der Waals surface area contributed by atoms with Gasteiger partial charge in [0.1, 0.15) is 11.5 Å². The highest BCUT2D eigenvalue weighted by molar-refractivity contribution is 6.04. The van der Waals surface area contributed by atoms with Crippen LogP contribution >= 0.6 is 0 Å². The first-order valence-corrected chi connectivity index (χ1v) is 10.8. The van der Waals surface area contributed by atoms with Gasteiger partial charge in [-0.25, -0.2) is 10.2 Å². The predicted molar refractivity (Wildman–Crippen MR) is 132 cm³/mol. The van der Waals surface area contributed by atoms with Crippen LogP contribution in [0.25, 0.3) is 10.8 Å². The van der Waals surface area contributed by atoms with Crippen molar-refractivity contribution in [2.24, 2.45) is 5.10 Å². The van der Waals surface area contributed by atoms with Crippen LogP contribution in [0.4, 0.5) is 0 Å². The molecule has 0 aliphatic heterocycles. The maximum absolute atomic E-state index is 12.6. The Labute approximate surface area is 197 Å². The number of amides is 1. The van der Waals surface area contributed by atoms with Gasteiger partial charge >= 0.3 is 5.97 Å². The normalized spacial score (nSPS) is 10.9. The van der Waals surface area contributed by atoms with Gasteiger partial charge in [0.25, 0.3) is 5.91 Å². The molecule has 0 radical (unpaired) electrons. The maximum atomic E-state index is 12.6. The van der Waals surface area contributed by atoms with E-state index in [9.17, 15) is 9.59 Å². The van der Waals surface area contributed by atoms with Crippen molar-refractivity contribution in [3.63, 3.8) is 0 Å². The Balaban J connectivity index is 1.49. The summed E-state index contributed by atoms with van der Waals surface area (Å²) >= 11 is 0. The van der Waals surface area contributed by atoms with Crippen molar-refractivity contribution < 1.29 is 19.1 Å². The molecule has 0 saturated heterocycles. The molecule has 4 aromatic rings. The number of ether oxygens (including phenoxy) is 2. The number of esters is 1. The second-order valence-electron chi connectivity index (χ2n) is 7.78. The van der Waals surface area contributed by atoms with Crippen LogP contribution in [0, 0.1) is 13.8 Å². The third kappa shape index (κ3) is 5.48. The first-order valence-electron chi connectivity index (χ1n) is 10.8. The molecule has 0 atom stereocenters. The largest absolute Gasteiger partial charge is 0.484 e. The predicted octanol–water partition coefficient (Wildman–Crippen LogP) is 5.20. The molecular weight excluding hydrogens is 428 g/mol. The Morgan fingerprint density at radius 1 is 0.882 bits per heavy atom. The second kappa shape index (κ2) is 10.4. The minimum absolute atomic E-state index is 0.175. The van der Waals surface area contributed by atoms with E-state index in [1.54, 1.807) is 30.3 Å². The molecule has 0 saturated carbocycles. The van der Waals surface area contributed by atoms with Gasteiger partial charge in [-0.3, -0.25) is 4.79 Å². The fourth-order valence-electron chi connectivity index (χ4n) is 3.38. The van der Waals surface area contributed by atoms with E-state index in [0.717, 1.165) is 21.9 Å². The van der Waals surface area contributed by atoms with Gasteiger partial charge < -0.3 is 9.47 Å². The fourth-order valence-corrected chi connectivity index (χ4v) is 3.38. The molecule has 1 amide bonds. The summed E-state index contributed by atoms with van der Waals surface area (Å²) in [7, 11) is 0. The van der Waals surface area contributed by atoms with E-state index in [2.05, 4.69) is 10.5 Å². The molecule has 1 N–H and O–H groups in total. The van der Waals surface area contributed by atoms with Crippen LogP contribution in [-0.2, 0) is 4.79 Å². The standard InChI is InChI=1S/C28H24N2O4/c1-19-12-14-23(16-20(19)2)33-18-27(31)30-29-17-25-24-11-7-6-8-21(24)13-15-26(25)34-28(32)22-9-4-3-5-10-22/h3-17H,18H2,1-2H3,(H,30,31)/b29-17+. The number of hydrogen-bond acceptors (Lipinski definition) is 5. The van der Waals surface area contributed by atoms with Crippen LogP contribution < -0.4 is 14.9 Å². The van der Waals surface area contributed by atoms with E-state index in [-0.39, 0.29) is 6.61 Å².